The van der Waals surface area contributed by atoms with E-state index in [-0.39, 0.29) is 18.0 Å². The molecule has 0 spiro atoms. The number of aromatic hydroxyl groups is 5. The Balaban J connectivity index is 2.03. The first kappa shape index (κ1) is 17.4. The highest BCUT2D eigenvalue weighted by Crippen LogP contribution is 2.35. The maximum absolute atomic E-state index is 9.68. The van der Waals surface area contributed by atoms with Gasteiger partial charge in [0.1, 0.15) is 0 Å². The van der Waals surface area contributed by atoms with Crippen LogP contribution < -0.4 is 5.32 Å². The second kappa shape index (κ2) is 7.10. The average molecular weight is 347 g/mol. The fraction of sp³-hybridized carbons (Fsp3) is 0.118. The van der Waals surface area contributed by atoms with Crippen molar-refractivity contribution in [2.24, 2.45) is 0 Å². The Labute approximate surface area is 144 Å². The van der Waals surface area contributed by atoms with Crippen LogP contribution in [0.1, 0.15) is 16.7 Å². The van der Waals surface area contributed by atoms with Gasteiger partial charge in [0.05, 0.1) is 4.99 Å². The first-order valence-corrected chi connectivity index (χ1v) is 7.41. The summed E-state index contributed by atoms with van der Waals surface area (Å²) in [6.45, 7) is 1.91. The van der Waals surface area contributed by atoms with Crippen LogP contribution in [0.4, 0.5) is 0 Å². The highest BCUT2D eigenvalue weighted by atomic mass is 32.1. The summed E-state index contributed by atoms with van der Waals surface area (Å²) in [7, 11) is 0. The van der Waals surface area contributed by atoms with Crippen molar-refractivity contribution >= 4 is 23.3 Å². The smallest absolute Gasteiger partial charge is 0.200 e. The van der Waals surface area contributed by atoms with Crippen molar-refractivity contribution in [1.29, 1.82) is 0 Å². The van der Waals surface area contributed by atoms with Gasteiger partial charge >= 0.3 is 0 Å². The maximum atomic E-state index is 9.68. The van der Waals surface area contributed by atoms with Crippen molar-refractivity contribution in [3.05, 3.63) is 47.0 Å². The molecule has 0 unspecified atom stereocenters. The summed E-state index contributed by atoms with van der Waals surface area (Å²) in [5.74, 6) is -1.75. The van der Waals surface area contributed by atoms with Gasteiger partial charge in [-0.3, -0.25) is 0 Å². The molecule has 0 aliphatic rings. The van der Waals surface area contributed by atoms with Crippen LogP contribution in [-0.2, 0) is 6.54 Å². The molecule has 0 aliphatic heterocycles. The molecule has 6 nitrogen and oxygen atoms in total. The third-order valence-corrected chi connectivity index (χ3v) is 3.74. The van der Waals surface area contributed by atoms with Crippen molar-refractivity contribution in [2.75, 3.05) is 0 Å². The van der Waals surface area contributed by atoms with Gasteiger partial charge < -0.3 is 30.8 Å². The molecule has 0 saturated heterocycles. The van der Waals surface area contributed by atoms with E-state index in [4.69, 9.17) is 12.2 Å². The number of phenolic OH excluding ortho intramolecular Hbond substituents is 5. The molecule has 126 valence electrons. The zero-order valence-corrected chi connectivity index (χ0v) is 13.6. The largest absolute Gasteiger partial charge is 0.504 e. The van der Waals surface area contributed by atoms with Gasteiger partial charge in [-0.15, -0.1) is 0 Å². The fourth-order valence-electron chi connectivity index (χ4n) is 2.06. The van der Waals surface area contributed by atoms with Crippen LogP contribution in [-0.4, -0.2) is 30.5 Å². The van der Waals surface area contributed by atoms with Gasteiger partial charge in [0, 0.05) is 12.1 Å². The Morgan fingerprint density at radius 3 is 2.25 bits per heavy atom. The van der Waals surface area contributed by atoms with Crippen LogP contribution >= 0.6 is 12.2 Å². The van der Waals surface area contributed by atoms with Gasteiger partial charge in [0.15, 0.2) is 28.7 Å². The van der Waals surface area contributed by atoms with Crippen molar-refractivity contribution in [3.8, 4) is 28.7 Å². The Morgan fingerprint density at radius 2 is 1.62 bits per heavy atom. The summed E-state index contributed by atoms with van der Waals surface area (Å²) in [5.41, 5.74) is 1.77. The number of phenols is 5. The molecule has 2 aromatic carbocycles. The van der Waals surface area contributed by atoms with Crippen LogP contribution in [0, 0.1) is 6.92 Å². The highest BCUT2D eigenvalue weighted by Gasteiger charge is 2.08. The summed E-state index contributed by atoms with van der Waals surface area (Å²) in [5, 5.41) is 50.2. The zero-order valence-electron chi connectivity index (χ0n) is 12.8. The Kier molecular flexibility index (Phi) is 5.15. The molecule has 0 saturated carbocycles. The molecular formula is C17H17NO5S. The first-order valence-electron chi connectivity index (χ1n) is 7.01. The first-order chi connectivity index (χ1) is 11.3. The predicted molar refractivity (Wildman–Crippen MR) is 94.4 cm³/mol. The second-order valence-electron chi connectivity index (χ2n) is 5.18. The molecule has 0 amide bonds. The molecule has 0 bridgehead atoms. The van der Waals surface area contributed by atoms with Crippen LogP contribution in [0.5, 0.6) is 28.7 Å². The molecule has 2 aromatic rings. The number of rotatable bonds is 4. The Bertz CT molecular complexity index is 794. The lowest BCUT2D eigenvalue weighted by atomic mass is 10.1. The standard InChI is InChI=1S/C17H17NO5S/c1-9-11(2-4-12(19)16(9)22)3-5-15(24)18-8-10-6-13(20)17(23)14(21)7-10/h2-7,19-23H,8H2,1H3,(H,18,24)/b5-3+. The molecule has 2 rings (SSSR count). The SMILES string of the molecule is Cc1c(/C=C/C(=S)NCc2cc(O)c(O)c(O)c2)ccc(O)c1O. The summed E-state index contributed by atoms with van der Waals surface area (Å²) < 4.78 is 0. The quantitative estimate of drug-likeness (QED) is 0.286. The lowest BCUT2D eigenvalue weighted by molar-refractivity contribution is 0.367. The van der Waals surface area contributed by atoms with Crippen molar-refractivity contribution in [3.63, 3.8) is 0 Å². The summed E-state index contributed by atoms with van der Waals surface area (Å²) in [6, 6.07) is 5.67. The fourth-order valence-corrected chi connectivity index (χ4v) is 2.20. The lowest BCUT2D eigenvalue weighted by Gasteiger charge is -2.08. The van der Waals surface area contributed by atoms with E-state index in [1.165, 1.54) is 18.2 Å². The minimum atomic E-state index is -0.566. The van der Waals surface area contributed by atoms with Crippen molar-refractivity contribution in [2.45, 2.75) is 13.5 Å². The van der Waals surface area contributed by atoms with Crippen LogP contribution in [0.3, 0.4) is 0 Å². The number of hydrogen-bond donors (Lipinski definition) is 6. The number of nitrogens with one attached hydrogen (secondary N) is 1. The Hall–Kier alpha value is -2.93. The van der Waals surface area contributed by atoms with Gasteiger partial charge in [-0.2, -0.15) is 0 Å². The number of thiocarbonyl (C=S) groups is 1. The molecule has 6 N–H and O–H groups in total. The summed E-state index contributed by atoms with van der Waals surface area (Å²) in [4.78, 5) is 0.397. The monoisotopic (exact) mass is 347 g/mol. The van der Waals surface area contributed by atoms with Crippen molar-refractivity contribution < 1.29 is 25.5 Å². The van der Waals surface area contributed by atoms with Gasteiger partial charge in [-0.05, 0) is 42.3 Å². The molecule has 0 fully saturated rings. The van der Waals surface area contributed by atoms with Crippen LogP contribution in [0.15, 0.2) is 30.3 Å². The van der Waals surface area contributed by atoms with E-state index >= 15 is 0 Å². The maximum Gasteiger partial charge on any atom is 0.200 e. The Morgan fingerprint density at radius 1 is 1.00 bits per heavy atom. The molecule has 0 aliphatic carbocycles. The average Bonchev–Trinajstić information content (AvgIpc) is 2.55. The van der Waals surface area contributed by atoms with Crippen LogP contribution in [0.25, 0.3) is 6.08 Å². The predicted octanol–water partition coefficient (Wildman–Crippen LogP) is 2.65. The molecule has 0 heterocycles. The van der Waals surface area contributed by atoms with Crippen molar-refractivity contribution in [1.82, 2.24) is 5.32 Å². The third kappa shape index (κ3) is 3.88. The highest BCUT2D eigenvalue weighted by molar-refractivity contribution is 7.80. The van der Waals surface area contributed by atoms with Gasteiger partial charge in [0.2, 0.25) is 0 Å². The van der Waals surface area contributed by atoms with Crippen LogP contribution in [0.2, 0.25) is 0 Å². The molecule has 0 atom stereocenters. The van der Waals surface area contributed by atoms with Gasteiger partial charge in [-0.1, -0.05) is 24.4 Å². The summed E-state index contributed by atoms with van der Waals surface area (Å²) in [6.07, 6.45) is 3.31. The zero-order chi connectivity index (χ0) is 17.9. The topological polar surface area (TPSA) is 113 Å². The van der Waals surface area contributed by atoms with E-state index in [0.29, 0.717) is 21.7 Å². The van der Waals surface area contributed by atoms with E-state index in [2.05, 4.69) is 5.32 Å². The number of hydrogen-bond acceptors (Lipinski definition) is 6. The summed E-state index contributed by atoms with van der Waals surface area (Å²) >= 11 is 5.16. The second-order valence-corrected chi connectivity index (χ2v) is 5.62. The minimum absolute atomic E-state index is 0.175. The van der Waals surface area contributed by atoms with Gasteiger partial charge in [0.25, 0.3) is 0 Å². The molecule has 0 aromatic heterocycles. The number of benzene rings is 2. The lowest BCUT2D eigenvalue weighted by Crippen LogP contribution is -2.18. The van der Waals surface area contributed by atoms with E-state index in [1.54, 1.807) is 25.1 Å². The van der Waals surface area contributed by atoms with E-state index in [1.807, 2.05) is 0 Å². The van der Waals surface area contributed by atoms with E-state index in [0.717, 1.165) is 0 Å². The minimum Gasteiger partial charge on any atom is -0.504 e. The third-order valence-electron chi connectivity index (χ3n) is 3.46. The van der Waals surface area contributed by atoms with E-state index in [9.17, 15) is 25.5 Å². The molecule has 0 radical (unpaired) electrons. The molecule has 24 heavy (non-hydrogen) atoms. The van der Waals surface area contributed by atoms with E-state index < -0.39 is 17.2 Å². The molecular weight excluding hydrogens is 330 g/mol. The normalized spacial score (nSPS) is 10.9. The van der Waals surface area contributed by atoms with Gasteiger partial charge in [-0.25, -0.2) is 0 Å². The molecule has 7 heteroatoms.